The molecule has 3 nitrogen and oxygen atoms in total. The van der Waals surface area contributed by atoms with E-state index >= 15 is 0 Å². The van der Waals surface area contributed by atoms with Gasteiger partial charge in [0.1, 0.15) is 15.9 Å². The molecule has 148 valence electrons. The molecule has 0 bridgehead atoms. The number of nitrogens with zero attached hydrogens (tertiary/aromatic N) is 1. The topological polar surface area (TPSA) is 32.3 Å². The highest BCUT2D eigenvalue weighted by Gasteiger charge is 2.52. The predicted molar refractivity (Wildman–Crippen MR) is 126 cm³/mol. The fourth-order valence-electron chi connectivity index (χ4n) is 3.26. The molecule has 0 saturated carbocycles. The number of carbonyl (C=O) groups excluding carboxylic acids is 1. The van der Waals surface area contributed by atoms with Gasteiger partial charge < -0.3 is 4.90 Å². The Hall–Kier alpha value is -2.32. The van der Waals surface area contributed by atoms with Crippen LogP contribution in [0.2, 0.25) is 0 Å². The molecule has 0 fully saturated rings. The van der Waals surface area contributed by atoms with Crippen LogP contribution in [-0.4, -0.2) is 25.0 Å². The van der Waals surface area contributed by atoms with Crippen molar-refractivity contribution in [2.75, 3.05) is 14.1 Å². The summed E-state index contributed by atoms with van der Waals surface area (Å²) in [5.41, 5.74) is 0.517. The zero-order valence-corrected chi connectivity index (χ0v) is 18.6. The van der Waals surface area contributed by atoms with Crippen LogP contribution in [0.25, 0.3) is 0 Å². The van der Waals surface area contributed by atoms with Crippen molar-refractivity contribution in [3.05, 3.63) is 101 Å². The highest BCUT2D eigenvalue weighted by atomic mass is 35.5. The van der Waals surface area contributed by atoms with Crippen LogP contribution in [0.15, 0.2) is 101 Å². The Morgan fingerprint density at radius 2 is 1.07 bits per heavy atom. The number of benzene rings is 3. The summed E-state index contributed by atoms with van der Waals surface area (Å²) < 4.78 is 0.0464. The van der Waals surface area contributed by atoms with Gasteiger partial charge in [-0.25, -0.2) is 4.79 Å². The molecule has 0 saturated heterocycles. The van der Waals surface area contributed by atoms with Crippen LogP contribution in [0.3, 0.4) is 0 Å². The molecule has 0 heterocycles. The summed E-state index contributed by atoms with van der Waals surface area (Å²) in [5.74, 6) is 0. The molecule has 3 aromatic rings. The van der Waals surface area contributed by atoms with E-state index in [-0.39, 0.29) is 10.5 Å². The summed E-state index contributed by atoms with van der Waals surface area (Å²) in [5, 5.41) is 6.14. The van der Waals surface area contributed by atoms with Gasteiger partial charge in [0.2, 0.25) is 5.44 Å². The lowest BCUT2D eigenvalue weighted by molar-refractivity contribution is 0.221. The molecule has 0 unspecified atom stereocenters. The van der Waals surface area contributed by atoms with Gasteiger partial charge in [-0.05, 0) is 36.4 Å². The van der Waals surface area contributed by atoms with Crippen molar-refractivity contribution in [3.63, 3.8) is 0 Å². The number of urea groups is 1. The van der Waals surface area contributed by atoms with Crippen LogP contribution in [0.1, 0.15) is 0 Å². The van der Waals surface area contributed by atoms with Crippen LogP contribution >= 0.6 is 30.5 Å². The van der Waals surface area contributed by atoms with E-state index in [9.17, 15) is 4.79 Å². The van der Waals surface area contributed by atoms with E-state index in [1.807, 2.05) is 54.6 Å². The normalized spacial score (nSPS) is 10.9. The smallest absolute Gasteiger partial charge is 0.323 e. The molecule has 0 spiro atoms. The fourth-order valence-corrected chi connectivity index (χ4v) is 8.16. The number of carbonyl (C=O) groups is 1. The van der Waals surface area contributed by atoms with Gasteiger partial charge in [-0.15, -0.1) is 0 Å². The molecule has 0 atom stereocenters. The Morgan fingerprint density at radius 1 is 0.724 bits per heavy atom. The highest BCUT2D eigenvalue weighted by molar-refractivity contribution is 7.99. The summed E-state index contributed by atoms with van der Waals surface area (Å²) >= 11 is 12.9. The standard InChI is InChI=1S/C23H21Cl2N2OP/c1-27(2)23(28)26-22(21(24)25)29(18-12-6-3-7-13-18,19-14-8-4-9-15-19)20-16-10-5-11-17-20/h3-17H,1-2H3/p+1. The second kappa shape index (κ2) is 9.45. The molecule has 6 heteroatoms. The van der Waals surface area contributed by atoms with Gasteiger partial charge in [-0.2, -0.15) is 0 Å². The Labute approximate surface area is 182 Å². The van der Waals surface area contributed by atoms with Gasteiger partial charge in [0.15, 0.2) is 11.8 Å². The Bertz CT molecular complexity index is 892. The van der Waals surface area contributed by atoms with E-state index in [2.05, 4.69) is 41.7 Å². The first-order valence-electron chi connectivity index (χ1n) is 9.08. The minimum absolute atomic E-state index is 0.0464. The molecule has 0 aliphatic heterocycles. The van der Waals surface area contributed by atoms with Gasteiger partial charge >= 0.3 is 6.03 Å². The molecule has 0 aliphatic rings. The molecular weight excluding hydrogens is 422 g/mol. The van der Waals surface area contributed by atoms with Crippen molar-refractivity contribution < 1.29 is 4.79 Å². The van der Waals surface area contributed by atoms with E-state index in [0.717, 1.165) is 15.9 Å². The Balaban J connectivity index is 2.42. The first kappa shape index (κ1) is 21.4. The summed E-state index contributed by atoms with van der Waals surface area (Å²) in [6.07, 6.45) is 0. The van der Waals surface area contributed by atoms with E-state index in [1.54, 1.807) is 14.1 Å². The third kappa shape index (κ3) is 4.33. The van der Waals surface area contributed by atoms with Crippen LogP contribution in [0, 0.1) is 0 Å². The molecule has 0 aromatic heterocycles. The first-order valence-corrected chi connectivity index (χ1v) is 11.6. The maximum absolute atomic E-state index is 12.7. The van der Waals surface area contributed by atoms with E-state index in [0.29, 0.717) is 5.44 Å². The monoisotopic (exact) mass is 443 g/mol. The summed E-state index contributed by atoms with van der Waals surface area (Å²) in [7, 11) is 0.811. The summed E-state index contributed by atoms with van der Waals surface area (Å²) in [6, 6.07) is 29.9. The van der Waals surface area contributed by atoms with Crippen molar-refractivity contribution >= 4 is 52.4 Å². The molecular formula is C23H22Cl2N2OP+. The van der Waals surface area contributed by atoms with E-state index in [1.165, 1.54) is 4.90 Å². The highest BCUT2D eigenvalue weighted by Crippen LogP contribution is 2.62. The maximum atomic E-state index is 12.7. The van der Waals surface area contributed by atoms with Crippen LogP contribution in [-0.2, 0) is 0 Å². The number of hydrogen-bond donors (Lipinski definition) is 1. The second-order valence-corrected chi connectivity index (χ2v) is 10.9. The van der Waals surface area contributed by atoms with Crippen molar-refractivity contribution in [3.8, 4) is 0 Å². The van der Waals surface area contributed by atoms with Crippen molar-refractivity contribution in [1.82, 2.24) is 10.2 Å². The zero-order valence-electron chi connectivity index (χ0n) is 16.2. The number of amides is 2. The van der Waals surface area contributed by atoms with Gasteiger partial charge in [0.05, 0.1) is 0 Å². The van der Waals surface area contributed by atoms with Crippen molar-refractivity contribution in [1.29, 1.82) is 0 Å². The van der Waals surface area contributed by atoms with E-state index < -0.39 is 7.26 Å². The molecule has 0 aliphatic carbocycles. The van der Waals surface area contributed by atoms with Gasteiger partial charge in [0, 0.05) is 14.1 Å². The van der Waals surface area contributed by atoms with Crippen LogP contribution in [0.4, 0.5) is 4.79 Å². The van der Waals surface area contributed by atoms with Crippen molar-refractivity contribution in [2.24, 2.45) is 0 Å². The van der Waals surface area contributed by atoms with Crippen LogP contribution < -0.4 is 21.2 Å². The summed E-state index contributed by atoms with van der Waals surface area (Å²) in [6.45, 7) is 0. The molecule has 29 heavy (non-hydrogen) atoms. The molecule has 1 N–H and O–H groups in total. The molecule has 2 amide bonds. The largest absolute Gasteiger partial charge is 0.331 e. The zero-order chi connectivity index (χ0) is 20.9. The lowest BCUT2D eigenvalue weighted by atomic mass is 10.4. The third-order valence-electron chi connectivity index (χ3n) is 4.58. The van der Waals surface area contributed by atoms with Crippen LogP contribution in [0.5, 0.6) is 0 Å². The predicted octanol–water partition coefficient (Wildman–Crippen LogP) is 4.86. The Kier molecular flexibility index (Phi) is 6.97. The van der Waals surface area contributed by atoms with Gasteiger partial charge in [0.25, 0.3) is 0 Å². The fraction of sp³-hybridized carbons (Fsp3) is 0.0870. The number of rotatable bonds is 5. The molecule has 3 rings (SSSR count). The minimum Gasteiger partial charge on any atom is -0.331 e. The minimum atomic E-state index is -2.56. The van der Waals surface area contributed by atoms with Crippen molar-refractivity contribution in [2.45, 2.75) is 0 Å². The average molecular weight is 444 g/mol. The first-order chi connectivity index (χ1) is 14.0. The Morgan fingerprint density at radius 3 is 1.34 bits per heavy atom. The number of nitrogens with one attached hydrogen (secondary N) is 1. The maximum Gasteiger partial charge on any atom is 0.323 e. The lowest BCUT2D eigenvalue weighted by Gasteiger charge is -2.30. The quantitative estimate of drug-likeness (QED) is 0.561. The lowest BCUT2D eigenvalue weighted by Crippen LogP contribution is -2.41. The second-order valence-electron chi connectivity index (χ2n) is 6.61. The molecule has 0 radical (unpaired) electrons. The third-order valence-corrected chi connectivity index (χ3v) is 9.44. The van der Waals surface area contributed by atoms with Gasteiger partial charge in [-0.3, -0.25) is 5.32 Å². The van der Waals surface area contributed by atoms with E-state index in [4.69, 9.17) is 23.2 Å². The molecule has 3 aromatic carbocycles. The SMILES string of the molecule is CN(C)C(=O)NC(=C(Cl)Cl)[P+](c1ccccc1)(c1ccccc1)c1ccccc1. The summed E-state index contributed by atoms with van der Waals surface area (Å²) in [4.78, 5) is 14.1. The average Bonchev–Trinajstić information content (AvgIpc) is 2.75. The number of hydrogen-bond acceptors (Lipinski definition) is 1. The van der Waals surface area contributed by atoms with Gasteiger partial charge in [-0.1, -0.05) is 77.8 Å². The number of halogens is 2.